The Balaban J connectivity index is 3.00. The van der Waals surface area contributed by atoms with Gasteiger partial charge in [-0.1, -0.05) is 39.3 Å². The minimum atomic E-state index is -1.48. The molecule has 17 heavy (non-hydrogen) atoms. The van der Waals surface area contributed by atoms with Crippen LogP contribution in [0.3, 0.4) is 0 Å². The lowest BCUT2D eigenvalue weighted by molar-refractivity contribution is -0.146. The molecule has 0 amide bonds. The van der Waals surface area contributed by atoms with Crippen molar-refractivity contribution in [1.29, 1.82) is 0 Å². The number of ether oxygens (including phenoxy) is 1. The second-order valence-corrected chi connectivity index (χ2v) is 17.0. The zero-order valence-corrected chi connectivity index (χ0v) is 14.2. The average molecular weight is 274 g/mol. The molecule has 1 heterocycles. The number of hydrogen-bond acceptors (Lipinski definition) is 3. The third-order valence-electron chi connectivity index (χ3n) is 3.15. The van der Waals surface area contributed by atoms with Crippen molar-refractivity contribution in [3.8, 4) is 0 Å². The third-order valence-corrected chi connectivity index (χ3v) is 10.7. The number of rotatable bonds is 3. The van der Waals surface area contributed by atoms with E-state index in [-0.39, 0.29) is 12.0 Å². The Morgan fingerprint density at radius 3 is 2.06 bits per heavy atom. The van der Waals surface area contributed by atoms with Crippen molar-refractivity contribution in [2.45, 2.75) is 64.6 Å². The van der Waals surface area contributed by atoms with Crippen molar-refractivity contribution in [3.63, 3.8) is 0 Å². The van der Waals surface area contributed by atoms with Gasteiger partial charge in [0.15, 0.2) is 0 Å². The lowest BCUT2D eigenvalue weighted by Crippen LogP contribution is -2.65. The van der Waals surface area contributed by atoms with Crippen molar-refractivity contribution in [3.05, 3.63) is 0 Å². The molecule has 0 saturated carbocycles. The lowest BCUT2D eigenvalue weighted by Gasteiger charge is -2.47. The van der Waals surface area contributed by atoms with Crippen LogP contribution in [0.15, 0.2) is 0 Å². The van der Waals surface area contributed by atoms with E-state index in [1.165, 1.54) is 0 Å². The number of carbonyl (C=O) groups is 1. The van der Waals surface area contributed by atoms with Crippen molar-refractivity contribution < 1.29 is 9.53 Å². The van der Waals surface area contributed by atoms with Gasteiger partial charge in [0.05, 0.1) is 12.6 Å². The van der Waals surface area contributed by atoms with Crippen LogP contribution < -0.4 is 0 Å². The van der Waals surface area contributed by atoms with Crippen LogP contribution in [0.1, 0.15) is 19.3 Å². The first-order valence-corrected chi connectivity index (χ1v) is 13.5. The van der Waals surface area contributed by atoms with Crippen LogP contribution in [-0.2, 0) is 9.53 Å². The first-order valence-electron chi connectivity index (χ1n) is 6.60. The number of nitrogens with zero attached hydrogens (tertiary/aromatic N) is 1. The van der Waals surface area contributed by atoms with Gasteiger partial charge < -0.3 is 8.97 Å². The maximum atomic E-state index is 12.1. The highest BCUT2D eigenvalue weighted by molar-refractivity contribution is 6.89. The molecule has 1 aliphatic heterocycles. The molecule has 0 aliphatic carbocycles. The summed E-state index contributed by atoms with van der Waals surface area (Å²) in [5.41, 5.74) is 0. The molecule has 0 bridgehead atoms. The SMILES string of the molecule is C[Si](C)(C)N(C1CCCCOC1=O)[Si](C)(C)C. The monoisotopic (exact) mass is 273 g/mol. The Labute approximate surface area is 108 Å². The molecule has 1 atom stereocenters. The quantitative estimate of drug-likeness (QED) is 0.585. The second kappa shape index (κ2) is 5.24. The Morgan fingerprint density at radius 1 is 1.06 bits per heavy atom. The first-order chi connectivity index (χ1) is 7.64. The van der Waals surface area contributed by atoms with Crippen LogP contribution in [0.2, 0.25) is 39.3 Å². The third kappa shape index (κ3) is 3.93. The second-order valence-electron chi connectivity index (χ2n) is 6.89. The summed E-state index contributed by atoms with van der Waals surface area (Å²) >= 11 is 0. The Bertz CT molecular complexity index is 267. The van der Waals surface area contributed by atoms with Crippen molar-refractivity contribution >= 4 is 22.4 Å². The van der Waals surface area contributed by atoms with E-state index in [0.29, 0.717) is 6.61 Å². The largest absolute Gasteiger partial charge is 0.465 e. The van der Waals surface area contributed by atoms with Gasteiger partial charge in [0.25, 0.3) is 0 Å². The highest BCUT2D eigenvalue weighted by atomic mass is 28.4. The van der Waals surface area contributed by atoms with Crippen LogP contribution in [0.25, 0.3) is 0 Å². The zero-order valence-electron chi connectivity index (χ0n) is 12.2. The number of cyclic esters (lactones) is 1. The van der Waals surface area contributed by atoms with E-state index in [0.717, 1.165) is 19.3 Å². The fraction of sp³-hybridized carbons (Fsp3) is 0.917. The molecule has 0 N–H and O–H groups in total. The molecule has 3 nitrogen and oxygen atoms in total. The summed E-state index contributed by atoms with van der Waals surface area (Å²) in [6.45, 7) is 14.6. The van der Waals surface area contributed by atoms with Gasteiger partial charge >= 0.3 is 5.97 Å². The average Bonchev–Trinajstić information content (AvgIpc) is 2.27. The Kier molecular flexibility index (Phi) is 4.60. The molecular formula is C12H27NO2Si2. The molecular weight excluding hydrogens is 246 g/mol. The van der Waals surface area contributed by atoms with Crippen LogP contribution in [0, 0.1) is 0 Å². The summed E-state index contributed by atoms with van der Waals surface area (Å²) in [4.78, 5) is 12.1. The lowest BCUT2D eigenvalue weighted by atomic mass is 10.1. The van der Waals surface area contributed by atoms with Gasteiger partial charge in [0.1, 0.15) is 16.5 Å². The van der Waals surface area contributed by atoms with Crippen molar-refractivity contribution in [1.82, 2.24) is 4.23 Å². The maximum Gasteiger partial charge on any atom is 0.322 e. The molecule has 1 fully saturated rings. The van der Waals surface area contributed by atoms with Crippen LogP contribution in [0.5, 0.6) is 0 Å². The van der Waals surface area contributed by atoms with Gasteiger partial charge in [0, 0.05) is 0 Å². The predicted molar refractivity (Wildman–Crippen MR) is 77.1 cm³/mol. The summed E-state index contributed by atoms with van der Waals surface area (Å²) in [6.07, 6.45) is 3.11. The molecule has 0 aromatic rings. The van der Waals surface area contributed by atoms with E-state index in [1.54, 1.807) is 0 Å². The smallest absolute Gasteiger partial charge is 0.322 e. The van der Waals surface area contributed by atoms with Gasteiger partial charge in [-0.3, -0.25) is 4.79 Å². The van der Waals surface area contributed by atoms with E-state index in [4.69, 9.17) is 4.74 Å². The number of esters is 1. The van der Waals surface area contributed by atoms with E-state index >= 15 is 0 Å². The molecule has 1 unspecified atom stereocenters. The van der Waals surface area contributed by atoms with Crippen LogP contribution in [-0.4, -0.2) is 39.3 Å². The Morgan fingerprint density at radius 2 is 1.59 bits per heavy atom. The van der Waals surface area contributed by atoms with Gasteiger partial charge in [-0.25, -0.2) is 0 Å². The van der Waals surface area contributed by atoms with Crippen molar-refractivity contribution in [2.75, 3.05) is 6.61 Å². The minimum Gasteiger partial charge on any atom is -0.465 e. The van der Waals surface area contributed by atoms with Gasteiger partial charge in [0.2, 0.25) is 0 Å². The standard InChI is InChI=1S/C12H27NO2Si2/c1-16(2,3)13(17(4,5)6)11-9-7-8-10-15-12(11)14/h11H,7-10H2,1-6H3. The van der Waals surface area contributed by atoms with Gasteiger partial charge in [-0.05, 0) is 19.3 Å². The van der Waals surface area contributed by atoms with Gasteiger partial charge in [-0.15, -0.1) is 0 Å². The molecule has 1 rings (SSSR count). The van der Waals surface area contributed by atoms with E-state index < -0.39 is 16.5 Å². The molecule has 0 spiro atoms. The summed E-state index contributed by atoms with van der Waals surface area (Å²) in [5, 5.41) is 0. The molecule has 0 aromatic heterocycles. The van der Waals surface area contributed by atoms with E-state index in [9.17, 15) is 4.79 Å². The number of hydrogen-bond donors (Lipinski definition) is 0. The summed E-state index contributed by atoms with van der Waals surface area (Å²) in [7, 11) is -2.96. The minimum absolute atomic E-state index is 0.0207. The molecule has 100 valence electrons. The topological polar surface area (TPSA) is 29.5 Å². The zero-order chi connectivity index (χ0) is 13.3. The molecule has 0 radical (unpaired) electrons. The summed E-state index contributed by atoms with van der Waals surface area (Å²) in [5.74, 6) is 0.0207. The highest BCUT2D eigenvalue weighted by Gasteiger charge is 2.43. The fourth-order valence-electron chi connectivity index (χ4n) is 3.00. The molecule has 1 saturated heterocycles. The summed E-state index contributed by atoms with van der Waals surface area (Å²) in [6, 6.07) is 0.0239. The number of carbonyl (C=O) groups excluding carboxylic acids is 1. The molecule has 5 heteroatoms. The van der Waals surface area contributed by atoms with Crippen LogP contribution in [0.4, 0.5) is 0 Å². The normalized spacial score (nSPS) is 23.5. The van der Waals surface area contributed by atoms with Crippen LogP contribution >= 0.6 is 0 Å². The molecule has 1 aliphatic rings. The van der Waals surface area contributed by atoms with E-state index in [2.05, 4.69) is 43.5 Å². The Hall–Kier alpha value is -0.136. The molecule has 0 aromatic carbocycles. The van der Waals surface area contributed by atoms with E-state index in [1.807, 2.05) is 0 Å². The maximum absolute atomic E-state index is 12.1. The fourth-order valence-corrected chi connectivity index (χ4v) is 13.4. The van der Waals surface area contributed by atoms with Crippen molar-refractivity contribution in [2.24, 2.45) is 0 Å². The predicted octanol–water partition coefficient (Wildman–Crippen LogP) is 3.05. The summed E-state index contributed by atoms with van der Waals surface area (Å²) < 4.78 is 7.93. The van der Waals surface area contributed by atoms with Gasteiger partial charge in [-0.2, -0.15) is 0 Å². The highest BCUT2D eigenvalue weighted by Crippen LogP contribution is 2.27. The first kappa shape index (κ1) is 14.9.